The van der Waals surface area contributed by atoms with Crippen molar-refractivity contribution in [2.75, 3.05) is 31.1 Å². The molecule has 102 valence electrons. The molecule has 1 N–H and O–H groups in total. The van der Waals surface area contributed by atoms with Gasteiger partial charge in [-0.25, -0.2) is 4.79 Å². The summed E-state index contributed by atoms with van der Waals surface area (Å²) >= 11 is 3.54. The Balaban J connectivity index is 1.85. The van der Waals surface area contributed by atoms with Crippen LogP contribution >= 0.6 is 15.9 Å². The van der Waals surface area contributed by atoms with Gasteiger partial charge in [0, 0.05) is 42.4 Å². The van der Waals surface area contributed by atoms with Crippen LogP contribution in [-0.2, 0) is 0 Å². The molecule has 2 fully saturated rings. The lowest BCUT2D eigenvalue weighted by Gasteiger charge is -2.44. The van der Waals surface area contributed by atoms with Crippen molar-refractivity contribution in [3.8, 4) is 0 Å². The van der Waals surface area contributed by atoms with E-state index < -0.39 is 0 Å². The van der Waals surface area contributed by atoms with Crippen molar-refractivity contribution in [1.82, 2.24) is 10.2 Å². The maximum Gasteiger partial charge on any atom is 0.324 e. The summed E-state index contributed by atoms with van der Waals surface area (Å²) in [7, 11) is 0. The van der Waals surface area contributed by atoms with Gasteiger partial charge in [-0.05, 0) is 31.0 Å². The predicted molar refractivity (Wildman–Crippen MR) is 79.6 cm³/mol. The third-order valence-corrected chi connectivity index (χ3v) is 4.83. The number of piperazine rings is 1. The second-order valence-electron chi connectivity index (χ2n) is 5.21. The molecule has 0 spiro atoms. The second kappa shape index (κ2) is 5.13. The third kappa shape index (κ3) is 2.37. The molecule has 3 rings (SSSR count). The zero-order valence-corrected chi connectivity index (χ0v) is 12.6. The molecule has 1 unspecified atom stereocenters. The van der Waals surface area contributed by atoms with Gasteiger partial charge in [-0.1, -0.05) is 22.0 Å². The largest absolute Gasteiger partial charge is 0.324 e. The predicted octanol–water partition coefficient (Wildman–Crippen LogP) is 2.36. The molecule has 2 aliphatic heterocycles. The number of hydrogen-bond donors (Lipinski definition) is 1. The Bertz CT molecular complexity index is 505. The number of halogens is 1. The van der Waals surface area contributed by atoms with Crippen LogP contribution in [0, 0.1) is 6.92 Å². The summed E-state index contributed by atoms with van der Waals surface area (Å²) < 4.78 is 1.06. The SMILES string of the molecule is Cc1ccc(N2CCC3CNCCN3C2=O)cc1Br. The second-order valence-corrected chi connectivity index (χ2v) is 6.06. The molecule has 5 heteroatoms. The number of nitrogens with zero attached hydrogens (tertiary/aromatic N) is 2. The molecular formula is C14H18BrN3O. The molecule has 19 heavy (non-hydrogen) atoms. The van der Waals surface area contributed by atoms with Crippen LogP contribution < -0.4 is 10.2 Å². The van der Waals surface area contributed by atoms with E-state index in [9.17, 15) is 4.79 Å². The van der Waals surface area contributed by atoms with E-state index in [1.54, 1.807) is 0 Å². The Labute approximate surface area is 121 Å². The Morgan fingerprint density at radius 1 is 1.37 bits per heavy atom. The van der Waals surface area contributed by atoms with E-state index in [4.69, 9.17) is 0 Å². The number of rotatable bonds is 1. The highest BCUT2D eigenvalue weighted by molar-refractivity contribution is 9.10. The highest BCUT2D eigenvalue weighted by Gasteiger charge is 2.35. The molecule has 1 atom stereocenters. The van der Waals surface area contributed by atoms with Gasteiger partial charge in [-0.3, -0.25) is 4.90 Å². The smallest absolute Gasteiger partial charge is 0.319 e. The summed E-state index contributed by atoms with van der Waals surface area (Å²) in [5, 5.41) is 3.36. The lowest BCUT2D eigenvalue weighted by molar-refractivity contribution is 0.147. The van der Waals surface area contributed by atoms with Crippen LogP contribution in [0.5, 0.6) is 0 Å². The van der Waals surface area contributed by atoms with Crippen molar-refractivity contribution >= 4 is 27.6 Å². The Hall–Kier alpha value is -1.07. The van der Waals surface area contributed by atoms with Crippen molar-refractivity contribution < 1.29 is 4.79 Å². The van der Waals surface area contributed by atoms with E-state index in [1.165, 1.54) is 5.56 Å². The molecule has 0 aliphatic carbocycles. The monoisotopic (exact) mass is 323 g/mol. The van der Waals surface area contributed by atoms with E-state index >= 15 is 0 Å². The Kier molecular flexibility index (Phi) is 3.50. The highest BCUT2D eigenvalue weighted by atomic mass is 79.9. The zero-order chi connectivity index (χ0) is 13.4. The molecule has 2 aliphatic rings. The van der Waals surface area contributed by atoms with Gasteiger partial charge in [0.15, 0.2) is 0 Å². The molecule has 0 radical (unpaired) electrons. The van der Waals surface area contributed by atoms with Crippen molar-refractivity contribution in [1.29, 1.82) is 0 Å². The third-order valence-electron chi connectivity index (χ3n) is 3.98. The number of hydrogen-bond acceptors (Lipinski definition) is 2. The first-order valence-corrected chi connectivity index (χ1v) is 7.51. The fourth-order valence-electron chi connectivity index (χ4n) is 2.79. The fourth-order valence-corrected chi connectivity index (χ4v) is 3.16. The average Bonchev–Trinajstić information content (AvgIpc) is 2.43. The van der Waals surface area contributed by atoms with E-state index in [1.807, 2.05) is 21.9 Å². The lowest BCUT2D eigenvalue weighted by atomic mass is 10.1. The van der Waals surface area contributed by atoms with E-state index in [-0.39, 0.29) is 6.03 Å². The van der Waals surface area contributed by atoms with Gasteiger partial charge in [-0.2, -0.15) is 0 Å². The van der Waals surface area contributed by atoms with Crippen molar-refractivity contribution in [3.05, 3.63) is 28.2 Å². The number of anilines is 1. The number of nitrogens with one attached hydrogen (secondary N) is 1. The quantitative estimate of drug-likeness (QED) is 0.861. The highest BCUT2D eigenvalue weighted by Crippen LogP contribution is 2.28. The summed E-state index contributed by atoms with van der Waals surface area (Å²) in [4.78, 5) is 16.5. The first-order chi connectivity index (χ1) is 9.16. The van der Waals surface area contributed by atoms with Crippen LogP contribution in [0.25, 0.3) is 0 Å². The van der Waals surface area contributed by atoms with Crippen molar-refractivity contribution in [2.24, 2.45) is 0 Å². The molecule has 0 bridgehead atoms. The van der Waals surface area contributed by atoms with Crippen molar-refractivity contribution in [3.63, 3.8) is 0 Å². The van der Waals surface area contributed by atoms with E-state index in [2.05, 4.69) is 34.2 Å². The number of amides is 2. The van der Waals surface area contributed by atoms with E-state index in [0.29, 0.717) is 6.04 Å². The molecule has 2 amide bonds. The van der Waals surface area contributed by atoms with Crippen LogP contribution in [0.2, 0.25) is 0 Å². The van der Waals surface area contributed by atoms with Crippen LogP contribution in [0.1, 0.15) is 12.0 Å². The minimum atomic E-state index is 0.147. The maximum absolute atomic E-state index is 12.6. The number of urea groups is 1. The molecule has 1 aromatic rings. The van der Waals surface area contributed by atoms with Gasteiger partial charge >= 0.3 is 6.03 Å². The van der Waals surface area contributed by atoms with Crippen LogP contribution in [0.4, 0.5) is 10.5 Å². The topological polar surface area (TPSA) is 35.6 Å². The zero-order valence-electron chi connectivity index (χ0n) is 11.0. The summed E-state index contributed by atoms with van der Waals surface area (Å²) in [6.45, 7) is 5.49. The Morgan fingerprint density at radius 3 is 3.00 bits per heavy atom. The van der Waals surface area contributed by atoms with Gasteiger partial charge < -0.3 is 10.2 Å². The molecule has 1 aromatic carbocycles. The number of carbonyl (C=O) groups excluding carboxylic acids is 1. The summed E-state index contributed by atoms with van der Waals surface area (Å²) in [6.07, 6.45) is 1.03. The summed E-state index contributed by atoms with van der Waals surface area (Å²) in [5.74, 6) is 0. The normalized spacial score (nSPS) is 23.5. The fraction of sp³-hybridized carbons (Fsp3) is 0.500. The van der Waals surface area contributed by atoms with Gasteiger partial charge in [0.05, 0.1) is 0 Å². The van der Waals surface area contributed by atoms with Crippen LogP contribution in [0.3, 0.4) is 0 Å². The van der Waals surface area contributed by atoms with Crippen molar-refractivity contribution in [2.45, 2.75) is 19.4 Å². The molecular weight excluding hydrogens is 306 g/mol. The maximum atomic E-state index is 12.6. The summed E-state index contributed by atoms with van der Waals surface area (Å²) in [6, 6.07) is 6.63. The van der Waals surface area contributed by atoms with E-state index in [0.717, 1.165) is 42.8 Å². The lowest BCUT2D eigenvalue weighted by Crippen LogP contribution is -2.61. The van der Waals surface area contributed by atoms with Crippen LogP contribution in [0.15, 0.2) is 22.7 Å². The molecule has 2 heterocycles. The van der Waals surface area contributed by atoms with Gasteiger partial charge in [0.2, 0.25) is 0 Å². The number of fused-ring (bicyclic) bond motifs is 1. The van der Waals surface area contributed by atoms with Gasteiger partial charge in [0.1, 0.15) is 0 Å². The van der Waals surface area contributed by atoms with Gasteiger partial charge in [0.25, 0.3) is 0 Å². The first kappa shape index (κ1) is 12.9. The molecule has 4 nitrogen and oxygen atoms in total. The Morgan fingerprint density at radius 2 is 2.21 bits per heavy atom. The van der Waals surface area contributed by atoms with Crippen LogP contribution in [-0.4, -0.2) is 43.2 Å². The van der Waals surface area contributed by atoms with Gasteiger partial charge in [-0.15, -0.1) is 0 Å². The molecule has 0 aromatic heterocycles. The molecule has 2 saturated heterocycles. The summed E-state index contributed by atoms with van der Waals surface area (Å²) in [5.41, 5.74) is 2.17. The minimum Gasteiger partial charge on any atom is -0.319 e. The minimum absolute atomic E-state index is 0.147. The standard InChI is InChI=1S/C14H18BrN3O/c1-10-2-3-11(8-13(10)15)17-6-4-12-9-16-5-7-18(12)14(17)19/h2-3,8,12,16H,4-7,9H2,1H3. The number of benzene rings is 1. The number of aryl methyl sites for hydroxylation is 1. The average molecular weight is 324 g/mol. The first-order valence-electron chi connectivity index (χ1n) is 6.72. The molecule has 0 saturated carbocycles. The number of carbonyl (C=O) groups is 1.